The number of hydrogen-bond donors (Lipinski definition) is 3. The maximum absolute atomic E-state index is 12.4. The fourth-order valence-electron chi connectivity index (χ4n) is 2.75. The number of nitrogens with one attached hydrogen (secondary N) is 2. The molecule has 3 aromatic rings. The molecule has 3 rings (SSSR count). The van der Waals surface area contributed by atoms with Gasteiger partial charge < -0.3 is 16.0 Å². The molecule has 0 unspecified atom stereocenters. The molecular weight excluding hydrogens is 306 g/mol. The highest BCUT2D eigenvalue weighted by molar-refractivity contribution is 6.08. The van der Waals surface area contributed by atoms with Gasteiger partial charge in [0.2, 0.25) is 0 Å². The Morgan fingerprint density at radius 2 is 2.17 bits per heavy atom. The molecule has 0 bridgehead atoms. The summed E-state index contributed by atoms with van der Waals surface area (Å²) in [7, 11) is 1.82. The molecule has 0 radical (unpaired) electrons. The number of aromatic nitrogens is 3. The first-order valence-corrected chi connectivity index (χ1v) is 7.75. The quantitative estimate of drug-likeness (QED) is 0.678. The lowest BCUT2D eigenvalue weighted by Gasteiger charge is -2.12. The van der Waals surface area contributed by atoms with Crippen LogP contribution in [0, 0.1) is 0 Å². The lowest BCUT2D eigenvalue weighted by atomic mass is 10.0. The normalized spacial score (nSPS) is 10.9. The first-order chi connectivity index (χ1) is 11.5. The van der Waals surface area contributed by atoms with Crippen molar-refractivity contribution in [2.24, 2.45) is 7.05 Å². The number of benzene rings is 1. The van der Waals surface area contributed by atoms with Crippen LogP contribution in [0.1, 0.15) is 23.7 Å². The zero-order chi connectivity index (χ0) is 17.3. The average molecular weight is 325 g/mol. The van der Waals surface area contributed by atoms with Gasteiger partial charge in [0.25, 0.3) is 11.5 Å². The number of nitrogen functional groups attached to an aromatic ring is 1. The molecule has 0 atom stereocenters. The number of nitrogens with two attached hydrogens (primary N) is 1. The van der Waals surface area contributed by atoms with Crippen LogP contribution in [0.2, 0.25) is 0 Å². The minimum absolute atomic E-state index is 0.0434. The molecule has 124 valence electrons. The molecule has 24 heavy (non-hydrogen) atoms. The summed E-state index contributed by atoms with van der Waals surface area (Å²) < 4.78 is 1.71. The van der Waals surface area contributed by atoms with Crippen molar-refractivity contribution in [2.45, 2.75) is 13.3 Å². The predicted octanol–water partition coefficient (Wildman–Crippen LogP) is 1.65. The van der Waals surface area contributed by atoms with Crippen molar-refractivity contribution in [3.8, 4) is 11.3 Å². The van der Waals surface area contributed by atoms with Crippen molar-refractivity contribution in [3.05, 3.63) is 46.4 Å². The smallest absolute Gasteiger partial charge is 0.263 e. The molecule has 0 saturated heterocycles. The lowest BCUT2D eigenvalue weighted by molar-refractivity contribution is 0.0953. The van der Waals surface area contributed by atoms with E-state index in [-0.39, 0.29) is 11.3 Å². The average Bonchev–Trinajstić information content (AvgIpc) is 2.98. The second-order valence-corrected chi connectivity index (χ2v) is 5.57. The number of H-pyrrole nitrogens is 1. The number of pyridine rings is 1. The molecule has 1 amide bonds. The molecule has 0 spiro atoms. The zero-order valence-electron chi connectivity index (χ0n) is 13.6. The van der Waals surface area contributed by atoms with E-state index in [1.807, 2.05) is 32.2 Å². The highest BCUT2D eigenvalue weighted by Gasteiger charge is 2.19. The zero-order valence-corrected chi connectivity index (χ0v) is 13.6. The number of aromatic amines is 1. The largest absolute Gasteiger partial charge is 0.397 e. The van der Waals surface area contributed by atoms with Crippen molar-refractivity contribution < 1.29 is 4.79 Å². The van der Waals surface area contributed by atoms with E-state index < -0.39 is 11.5 Å². The number of aryl methyl sites for hydroxylation is 1. The van der Waals surface area contributed by atoms with Crippen molar-refractivity contribution in [2.75, 3.05) is 12.3 Å². The van der Waals surface area contributed by atoms with Crippen LogP contribution < -0.4 is 16.6 Å². The summed E-state index contributed by atoms with van der Waals surface area (Å²) in [5, 5.41) is 7.48. The van der Waals surface area contributed by atoms with Gasteiger partial charge in [0.05, 0.1) is 16.9 Å². The van der Waals surface area contributed by atoms with Crippen molar-refractivity contribution >= 4 is 22.5 Å². The third kappa shape index (κ3) is 2.54. The van der Waals surface area contributed by atoms with E-state index in [0.717, 1.165) is 17.7 Å². The Balaban J connectivity index is 2.23. The van der Waals surface area contributed by atoms with Crippen LogP contribution in [0.15, 0.2) is 35.3 Å². The highest BCUT2D eigenvalue weighted by Crippen LogP contribution is 2.29. The van der Waals surface area contributed by atoms with E-state index in [1.54, 1.807) is 16.9 Å². The number of hydrogen-bond acceptors (Lipinski definition) is 4. The van der Waals surface area contributed by atoms with E-state index in [1.165, 1.54) is 0 Å². The van der Waals surface area contributed by atoms with Crippen LogP contribution in [-0.4, -0.2) is 27.2 Å². The number of nitrogens with zero attached hydrogens (tertiary/aromatic N) is 2. The maximum atomic E-state index is 12.4. The summed E-state index contributed by atoms with van der Waals surface area (Å²) in [6.07, 6.45) is 2.46. The van der Waals surface area contributed by atoms with E-state index >= 15 is 0 Å². The van der Waals surface area contributed by atoms with Gasteiger partial charge in [-0.25, -0.2) is 0 Å². The van der Waals surface area contributed by atoms with E-state index in [4.69, 9.17) is 5.73 Å². The van der Waals surface area contributed by atoms with Gasteiger partial charge in [0.15, 0.2) is 0 Å². The molecule has 0 fully saturated rings. The monoisotopic (exact) mass is 325 g/mol. The Morgan fingerprint density at radius 3 is 2.83 bits per heavy atom. The summed E-state index contributed by atoms with van der Waals surface area (Å²) in [5.41, 5.74) is 8.04. The minimum Gasteiger partial charge on any atom is -0.397 e. The van der Waals surface area contributed by atoms with Crippen LogP contribution in [-0.2, 0) is 7.05 Å². The van der Waals surface area contributed by atoms with Crippen LogP contribution in [0.25, 0.3) is 22.2 Å². The Bertz CT molecular complexity index is 971. The molecule has 0 aliphatic rings. The van der Waals surface area contributed by atoms with E-state index in [2.05, 4.69) is 15.4 Å². The summed E-state index contributed by atoms with van der Waals surface area (Å²) in [6, 6.07) is 7.36. The molecule has 7 heteroatoms. The molecular formula is C17H19N5O2. The van der Waals surface area contributed by atoms with Crippen LogP contribution in [0.3, 0.4) is 0 Å². The van der Waals surface area contributed by atoms with Gasteiger partial charge in [-0.05, 0) is 12.5 Å². The number of rotatable bonds is 4. The molecule has 0 aliphatic heterocycles. The van der Waals surface area contributed by atoms with E-state index in [0.29, 0.717) is 17.4 Å². The molecule has 2 heterocycles. The summed E-state index contributed by atoms with van der Waals surface area (Å²) >= 11 is 0. The number of amides is 1. The van der Waals surface area contributed by atoms with Gasteiger partial charge in [-0.2, -0.15) is 5.10 Å². The van der Waals surface area contributed by atoms with E-state index in [9.17, 15) is 9.59 Å². The van der Waals surface area contributed by atoms with Crippen LogP contribution in [0.4, 0.5) is 5.69 Å². The van der Waals surface area contributed by atoms with Crippen LogP contribution in [0.5, 0.6) is 0 Å². The summed E-state index contributed by atoms with van der Waals surface area (Å²) in [4.78, 5) is 27.5. The Labute approximate surface area is 138 Å². The second-order valence-electron chi connectivity index (χ2n) is 5.57. The van der Waals surface area contributed by atoms with Crippen molar-refractivity contribution in [1.82, 2.24) is 20.1 Å². The topological polar surface area (TPSA) is 106 Å². The lowest BCUT2D eigenvalue weighted by Crippen LogP contribution is -2.31. The fraction of sp³-hybridized carbons (Fsp3) is 0.235. The van der Waals surface area contributed by atoms with Crippen LogP contribution >= 0.6 is 0 Å². The van der Waals surface area contributed by atoms with Gasteiger partial charge >= 0.3 is 0 Å². The van der Waals surface area contributed by atoms with Crippen molar-refractivity contribution in [3.63, 3.8) is 0 Å². The Hall–Kier alpha value is -3.09. The predicted molar refractivity (Wildman–Crippen MR) is 93.8 cm³/mol. The van der Waals surface area contributed by atoms with Gasteiger partial charge in [-0.1, -0.05) is 25.1 Å². The standard InChI is InChI=1S/C17H19N5O2/c1-3-8-19-16(23)13-14(18)11-6-4-5-10(15(11)21-17(13)24)12-7-9-20-22(12)2/h4-7,9H,3,8H2,1-2H3,(H,19,23)(H3,18,21,24). The number of para-hydroxylation sites is 1. The van der Waals surface area contributed by atoms with Gasteiger partial charge in [-0.15, -0.1) is 0 Å². The summed E-state index contributed by atoms with van der Waals surface area (Å²) in [5.74, 6) is -0.455. The molecule has 4 N–H and O–H groups in total. The highest BCUT2D eigenvalue weighted by atomic mass is 16.2. The van der Waals surface area contributed by atoms with Gasteiger partial charge in [0.1, 0.15) is 5.56 Å². The number of carbonyl (C=O) groups excluding carboxylic acids is 1. The van der Waals surface area contributed by atoms with Gasteiger partial charge in [0, 0.05) is 30.7 Å². The number of carbonyl (C=O) groups is 1. The molecule has 1 aromatic carbocycles. The van der Waals surface area contributed by atoms with Crippen molar-refractivity contribution in [1.29, 1.82) is 0 Å². The third-order valence-electron chi connectivity index (χ3n) is 3.95. The SMILES string of the molecule is CCCNC(=O)c1c(N)c2cccc(-c3ccnn3C)c2[nH]c1=O. The third-order valence-corrected chi connectivity index (χ3v) is 3.95. The minimum atomic E-state index is -0.497. The first kappa shape index (κ1) is 15.8. The maximum Gasteiger partial charge on any atom is 0.263 e. The number of fused-ring (bicyclic) bond motifs is 1. The summed E-state index contributed by atoms with van der Waals surface area (Å²) in [6.45, 7) is 2.43. The van der Waals surface area contributed by atoms with Gasteiger partial charge in [-0.3, -0.25) is 14.3 Å². The molecule has 7 nitrogen and oxygen atoms in total. The molecule has 0 aliphatic carbocycles. The first-order valence-electron chi connectivity index (χ1n) is 7.75. The Kier molecular flexibility index (Phi) is 4.07. The number of anilines is 1. The molecule has 2 aromatic heterocycles. The Morgan fingerprint density at radius 1 is 1.38 bits per heavy atom. The fourth-order valence-corrected chi connectivity index (χ4v) is 2.75. The molecule has 0 saturated carbocycles. The second kappa shape index (κ2) is 6.19.